The van der Waals surface area contributed by atoms with E-state index in [-0.39, 0.29) is 22.9 Å². The van der Waals surface area contributed by atoms with E-state index in [4.69, 9.17) is 4.42 Å². The van der Waals surface area contributed by atoms with Crippen LogP contribution < -0.4 is 4.72 Å². The lowest BCUT2D eigenvalue weighted by atomic mass is 10.2. The van der Waals surface area contributed by atoms with Crippen LogP contribution in [0, 0.1) is 19.7 Å². The van der Waals surface area contributed by atoms with Crippen molar-refractivity contribution < 1.29 is 17.2 Å². The summed E-state index contributed by atoms with van der Waals surface area (Å²) in [5.41, 5.74) is 1.64. The molecule has 0 saturated carbocycles. The summed E-state index contributed by atoms with van der Waals surface area (Å²) in [5.74, 6) is 0.239. The standard InChI is InChI=1S/C17H19FN4O3S/c1-4-14-21-22-17(25-14)15-10(2)16(11(3)20-15)26(23,24)19-9-12-7-5-6-8-13(12)18/h5-8,19-20H,4,9H2,1-3H3. The quantitative estimate of drug-likeness (QED) is 0.687. The first-order valence-corrected chi connectivity index (χ1v) is 9.56. The monoisotopic (exact) mass is 378 g/mol. The molecule has 0 unspecified atom stereocenters. The van der Waals surface area contributed by atoms with Crippen LogP contribution in [-0.2, 0) is 23.0 Å². The Morgan fingerprint density at radius 1 is 1.23 bits per heavy atom. The van der Waals surface area contributed by atoms with Crippen LogP contribution in [0.1, 0.15) is 29.6 Å². The van der Waals surface area contributed by atoms with Gasteiger partial charge in [-0.15, -0.1) is 10.2 Å². The maximum absolute atomic E-state index is 13.7. The Kier molecular flexibility index (Phi) is 4.92. The normalized spacial score (nSPS) is 11.8. The molecule has 0 aliphatic rings. The van der Waals surface area contributed by atoms with Crippen LogP contribution in [-0.4, -0.2) is 23.6 Å². The van der Waals surface area contributed by atoms with E-state index < -0.39 is 15.8 Å². The fourth-order valence-corrected chi connectivity index (χ4v) is 4.18. The molecule has 0 saturated heterocycles. The lowest BCUT2D eigenvalue weighted by Crippen LogP contribution is -2.24. The molecule has 0 spiro atoms. The van der Waals surface area contributed by atoms with Gasteiger partial charge in [0.2, 0.25) is 15.9 Å². The van der Waals surface area contributed by atoms with E-state index in [1.165, 1.54) is 12.1 Å². The SMILES string of the molecule is CCc1nnc(-c2[nH]c(C)c(S(=O)(=O)NCc3ccccc3F)c2C)o1. The molecule has 2 N–H and O–H groups in total. The molecule has 3 rings (SSSR count). The predicted molar refractivity (Wildman–Crippen MR) is 93.4 cm³/mol. The summed E-state index contributed by atoms with van der Waals surface area (Å²) in [7, 11) is -3.86. The first-order valence-electron chi connectivity index (χ1n) is 8.08. The van der Waals surface area contributed by atoms with Crippen LogP contribution >= 0.6 is 0 Å². The highest BCUT2D eigenvalue weighted by Crippen LogP contribution is 2.30. The molecular formula is C17H19FN4O3S. The third-order valence-corrected chi connectivity index (χ3v) is 5.71. The largest absolute Gasteiger partial charge is 0.419 e. The van der Waals surface area contributed by atoms with Crippen molar-refractivity contribution in [3.63, 3.8) is 0 Å². The van der Waals surface area contributed by atoms with Crippen LogP contribution in [0.15, 0.2) is 33.6 Å². The molecule has 0 amide bonds. The van der Waals surface area contributed by atoms with E-state index in [9.17, 15) is 12.8 Å². The average molecular weight is 378 g/mol. The molecule has 9 heteroatoms. The number of aryl methyl sites for hydroxylation is 2. The molecule has 2 heterocycles. The zero-order valence-corrected chi connectivity index (χ0v) is 15.4. The van der Waals surface area contributed by atoms with Crippen molar-refractivity contribution in [2.45, 2.75) is 38.6 Å². The Morgan fingerprint density at radius 3 is 2.62 bits per heavy atom. The Bertz CT molecular complexity index is 1040. The van der Waals surface area contributed by atoms with Gasteiger partial charge in [0.25, 0.3) is 5.89 Å². The zero-order chi connectivity index (χ0) is 18.9. The van der Waals surface area contributed by atoms with Gasteiger partial charge in [-0.25, -0.2) is 17.5 Å². The Morgan fingerprint density at radius 2 is 1.96 bits per heavy atom. The maximum Gasteiger partial charge on any atom is 0.264 e. The van der Waals surface area contributed by atoms with E-state index in [2.05, 4.69) is 19.9 Å². The third kappa shape index (κ3) is 3.40. The average Bonchev–Trinajstić information content (AvgIpc) is 3.18. The molecule has 0 aliphatic carbocycles. The summed E-state index contributed by atoms with van der Waals surface area (Å²) in [6, 6.07) is 6.02. The van der Waals surface area contributed by atoms with Gasteiger partial charge in [-0.3, -0.25) is 0 Å². The Balaban J connectivity index is 1.91. The van der Waals surface area contributed by atoms with E-state index in [1.807, 2.05) is 6.92 Å². The van der Waals surface area contributed by atoms with Crippen molar-refractivity contribution in [3.8, 4) is 11.6 Å². The zero-order valence-electron chi connectivity index (χ0n) is 14.6. The van der Waals surface area contributed by atoms with Crippen LogP contribution in [0.3, 0.4) is 0 Å². The number of rotatable bonds is 6. The minimum atomic E-state index is -3.86. The third-order valence-electron chi connectivity index (χ3n) is 4.03. The number of hydrogen-bond acceptors (Lipinski definition) is 5. The number of benzene rings is 1. The summed E-state index contributed by atoms with van der Waals surface area (Å²) in [4.78, 5) is 3.09. The van der Waals surface area contributed by atoms with Gasteiger partial charge in [0, 0.05) is 24.2 Å². The minimum absolute atomic E-state index is 0.0973. The van der Waals surface area contributed by atoms with E-state index in [1.54, 1.807) is 26.0 Å². The molecule has 0 bridgehead atoms. The fourth-order valence-electron chi connectivity index (χ4n) is 2.73. The Hall–Kier alpha value is -2.52. The highest BCUT2D eigenvalue weighted by molar-refractivity contribution is 7.89. The Labute approximate surface area is 150 Å². The van der Waals surface area contributed by atoms with Gasteiger partial charge in [-0.05, 0) is 25.5 Å². The van der Waals surface area contributed by atoms with Gasteiger partial charge < -0.3 is 9.40 Å². The minimum Gasteiger partial charge on any atom is -0.419 e. The first-order chi connectivity index (χ1) is 12.3. The van der Waals surface area contributed by atoms with Crippen molar-refractivity contribution in [3.05, 3.63) is 52.8 Å². The van der Waals surface area contributed by atoms with Gasteiger partial charge in [-0.1, -0.05) is 25.1 Å². The lowest BCUT2D eigenvalue weighted by Gasteiger charge is -2.08. The molecule has 26 heavy (non-hydrogen) atoms. The molecule has 0 fully saturated rings. The molecule has 138 valence electrons. The smallest absolute Gasteiger partial charge is 0.264 e. The second kappa shape index (κ2) is 7.00. The van der Waals surface area contributed by atoms with Gasteiger partial charge in [0.05, 0.1) is 0 Å². The van der Waals surface area contributed by atoms with Gasteiger partial charge in [0.1, 0.15) is 16.4 Å². The molecule has 0 aliphatic heterocycles. The summed E-state index contributed by atoms with van der Waals surface area (Å²) >= 11 is 0. The number of aromatic nitrogens is 3. The van der Waals surface area contributed by atoms with Crippen molar-refractivity contribution in [2.24, 2.45) is 0 Å². The van der Waals surface area contributed by atoms with Crippen LogP contribution in [0.4, 0.5) is 4.39 Å². The fraction of sp³-hybridized carbons (Fsp3) is 0.294. The highest BCUT2D eigenvalue weighted by atomic mass is 32.2. The number of halogens is 1. The number of nitrogens with one attached hydrogen (secondary N) is 2. The second-order valence-corrected chi connectivity index (χ2v) is 7.55. The molecule has 0 atom stereocenters. The summed E-state index contributed by atoms with van der Waals surface area (Å²) in [5, 5.41) is 7.84. The molecular weight excluding hydrogens is 359 g/mol. The summed E-state index contributed by atoms with van der Waals surface area (Å²) < 4.78 is 47.2. The lowest BCUT2D eigenvalue weighted by molar-refractivity contribution is 0.511. The molecule has 3 aromatic rings. The molecule has 1 aromatic carbocycles. The van der Waals surface area contributed by atoms with Crippen molar-refractivity contribution in [2.75, 3.05) is 0 Å². The maximum atomic E-state index is 13.7. The van der Waals surface area contributed by atoms with E-state index in [0.29, 0.717) is 29.3 Å². The van der Waals surface area contributed by atoms with Crippen molar-refractivity contribution >= 4 is 10.0 Å². The molecule has 2 aromatic heterocycles. The molecule has 7 nitrogen and oxygen atoms in total. The van der Waals surface area contributed by atoms with Crippen LogP contribution in [0.2, 0.25) is 0 Å². The van der Waals surface area contributed by atoms with Gasteiger partial charge >= 0.3 is 0 Å². The highest BCUT2D eigenvalue weighted by Gasteiger charge is 2.26. The first kappa shape index (κ1) is 18.3. The van der Waals surface area contributed by atoms with Gasteiger partial charge in [0.15, 0.2) is 0 Å². The van der Waals surface area contributed by atoms with E-state index in [0.717, 1.165) is 0 Å². The van der Waals surface area contributed by atoms with E-state index >= 15 is 0 Å². The number of hydrogen-bond donors (Lipinski definition) is 2. The topological polar surface area (TPSA) is 101 Å². The van der Waals surface area contributed by atoms with Crippen LogP contribution in [0.25, 0.3) is 11.6 Å². The van der Waals surface area contributed by atoms with Crippen molar-refractivity contribution in [1.82, 2.24) is 19.9 Å². The van der Waals surface area contributed by atoms with Crippen molar-refractivity contribution in [1.29, 1.82) is 0 Å². The number of H-pyrrole nitrogens is 1. The predicted octanol–water partition coefficient (Wildman–Crippen LogP) is 2.86. The second-order valence-electron chi connectivity index (χ2n) is 5.85. The summed E-state index contributed by atoms with van der Waals surface area (Å²) in [6.07, 6.45) is 0.584. The number of sulfonamides is 1. The number of aromatic amines is 1. The number of nitrogens with zero attached hydrogens (tertiary/aromatic N) is 2. The van der Waals surface area contributed by atoms with Crippen LogP contribution in [0.5, 0.6) is 0 Å². The summed E-state index contributed by atoms with van der Waals surface area (Å²) in [6.45, 7) is 5.04. The molecule has 0 radical (unpaired) electrons. The van der Waals surface area contributed by atoms with Gasteiger partial charge in [-0.2, -0.15) is 0 Å².